The zero-order valence-electron chi connectivity index (χ0n) is 19.7. The first-order chi connectivity index (χ1) is 15.9. The zero-order valence-corrected chi connectivity index (χ0v) is 19.7. The van der Waals surface area contributed by atoms with E-state index in [4.69, 9.17) is 13.9 Å². The molecule has 3 aromatic rings. The van der Waals surface area contributed by atoms with Gasteiger partial charge >= 0.3 is 0 Å². The van der Waals surface area contributed by atoms with Crippen LogP contribution in [-0.4, -0.2) is 28.6 Å². The first-order valence-electron chi connectivity index (χ1n) is 11.3. The summed E-state index contributed by atoms with van der Waals surface area (Å²) in [7, 11) is 0. The number of amides is 1. The van der Waals surface area contributed by atoms with Crippen LogP contribution in [0, 0.1) is 13.8 Å². The van der Waals surface area contributed by atoms with Gasteiger partial charge in [-0.3, -0.25) is 9.69 Å². The van der Waals surface area contributed by atoms with Gasteiger partial charge in [0.25, 0.3) is 5.91 Å². The monoisotopic (exact) mass is 449 g/mol. The van der Waals surface area contributed by atoms with E-state index in [0.717, 1.165) is 30.0 Å². The Morgan fingerprint density at radius 1 is 1.09 bits per heavy atom. The highest BCUT2D eigenvalue weighted by molar-refractivity contribution is 5.92. The first kappa shape index (κ1) is 22.9. The Balaban J connectivity index is 1.53. The summed E-state index contributed by atoms with van der Waals surface area (Å²) in [6, 6.07) is 12.6. The Kier molecular flexibility index (Phi) is 6.99. The molecule has 4 rings (SSSR count). The van der Waals surface area contributed by atoms with Crippen LogP contribution in [0.4, 0.5) is 0 Å². The quantitative estimate of drug-likeness (QED) is 0.508. The second kappa shape index (κ2) is 10.1. The molecule has 0 spiro atoms. The first-order valence-corrected chi connectivity index (χ1v) is 11.3. The summed E-state index contributed by atoms with van der Waals surface area (Å²) in [5.41, 5.74) is 5.11. The minimum Gasteiger partial charge on any atom is -0.454 e. The van der Waals surface area contributed by atoms with E-state index in [-0.39, 0.29) is 18.7 Å². The summed E-state index contributed by atoms with van der Waals surface area (Å²) in [4.78, 5) is 19.1. The lowest BCUT2D eigenvalue weighted by Crippen LogP contribution is -2.32. The summed E-state index contributed by atoms with van der Waals surface area (Å²) >= 11 is 0. The molecule has 0 saturated heterocycles. The second-order valence-corrected chi connectivity index (χ2v) is 8.67. The number of fused-ring (bicyclic) bond motifs is 1. The fraction of sp³-hybridized carbons (Fsp3) is 0.385. The van der Waals surface area contributed by atoms with Crippen LogP contribution >= 0.6 is 0 Å². The Hall–Kier alpha value is -3.32. The molecule has 1 amide bonds. The molecular weight excluding hydrogens is 418 g/mol. The summed E-state index contributed by atoms with van der Waals surface area (Å²) in [6.07, 6.45) is 2.29. The molecule has 7 nitrogen and oxygen atoms in total. The maximum absolute atomic E-state index is 12.4. The van der Waals surface area contributed by atoms with Crippen LogP contribution in [0.15, 0.2) is 47.1 Å². The molecule has 0 radical (unpaired) electrons. The Morgan fingerprint density at radius 2 is 1.91 bits per heavy atom. The molecule has 1 N–H and O–H groups in total. The average Bonchev–Trinajstić information content (AvgIpc) is 3.45. The smallest absolute Gasteiger partial charge is 0.273 e. The van der Waals surface area contributed by atoms with Crippen molar-refractivity contribution in [1.29, 1.82) is 0 Å². The number of carbonyl (C=O) groups excluding carboxylic acids is 1. The topological polar surface area (TPSA) is 76.8 Å². The van der Waals surface area contributed by atoms with Crippen molar-refractivity contribution in [2.75, 3.05) is 6.79 Å². The van der Waals surface area contributed by atoms with E-state index in [1.807, 2.05) is 32.0 Å². The van der Waals surface area contributed by atoms with Gasteiger partial charge in [0.15, 0.2) is 17.2 Å². The number of aromatic nitrogens is 1. The number of benzene rings is 2. The molecule has 0 bridgehead atoms. The van der Waals surface area contributed by atoms with Crippen LogP contribution < -0.4 is 14.8 Å². The van der Waals surface area contributed by atoms with E-state index in [0.29, 0.717) is 24.7 Å². The van der Waals surface area contributed by atoms with Gasteiger partial charge in [0, 0.05) is 19.1 Å². The van der Waals surface area contributed by atoms with E-state index in [9.17, 15) is 4.79 Å². The Labute approximate surface area is 194 Å². The molecule has 1 atom stereocenters. The van der Waals surface area contributed by atoms with Crippen molar-refractivity contribution in [3.8, 4) is 11.5 Å². The van der Waals surface area contributed by atoms with Crippen molar-refractivity contribution in [2.45, 2.75) is 59.8 Å². The number of ether oxygens (including phenoxy) is 2. The molecular formula is C26H31N3O4. The van der Waals surface area contributed by atoms with Crippen molar-refractivity contribution in [3.63, 3.8) is 0 Å². The minimum absolute atomic E-state index is 0.0875. The second-order valence-electron chi connectivity index (χ2n) is 8.67. The number of nitrogens with zero attached hydrogens (tertiary/aromatic N) is 2. The molecule has 1 aromatic heterocycles. The highest BCUT2D eigenvalue weighted by Gasteiger charge is 2.19. The number of hydrogen-bond acceptors (Lipinski definition) is 6. The SMILES string of the molecule is CCC(C)NC(=O)c1coc(CN(Cc2ccc3c(c2)OCO3)Cc2cc(C)ccc2C)n1. The molecule has 1 aliphatic heterocycles. The number of aryl methyl sites for hydroxylation is 2. The van der Waals surface area contributed by atoms with Gasteiger partial charge in [-0.05, 0) is 56.0 Å². The summed E-state index contributed by atoms with van der Waals surface area (Å²) in [5.74, 6) is 1.83. The fourth-order valence-electron chi connectivity index (χ4n) is 3.76. The lowest BCUT2D eigenvalue weighted by atomic mass is 10.0. The predicted molar refractivity (Wildman–Crippen MR) is 125 cm³/mol. The van der Waals surface area contributed by atoms with Crippen LogP contribution in [0.5, 0.6) is 11.5 Å². The largest absolute Gasteiger partial charge is 0.454 e. The molecule has 1 aliphatic rings. The van der Waals surface area contributed by atoms with Crippen molar-refractivity contribution in [1.82, 2.24) is 15.2 Å². The highest BCUT2D eigenvalue weighted by Crippen LogP contribution is 2.33. The lowest BCUT2D eigenvalue weighted by molar-refractivity contribution is 0.0934. The minimum atomic E-state index is -0.212. The molecule has 1 unspecified atom stereocenters. The zero-order chi connectivity index (χ0) is 23.4. The molecule has 2 heterocycles. The van der Waals surface area contributed by atoms with Gasteiger partial charge in [0.05, 0.1) is 6.54 Å². The summed E-state index contributed by atoms with van der Waals surface area (Å²) in [6.45, 7) is 10.3. The van der Waals surface area contributed by atoms with Gasteiger partial charge in [-0.1, -0.05) is 36.8 Å². The van der Waals surface area contributed by atoms with Crippen LogP contribution in [0.25, 0.3) is 0 Å². The maximum atomic E-state index is 12.4. The van der Waals surface area contributed by atoms with Crippen LogP contribution in [0.3, 0.4) is 0 Å². The number of oxazole rings is 1. The standard InChI is InChI=1S/C26H31N3O4/c1-5-19(4)27-26(30)22-15-31-25(28-22)14-29(13-21-10-17(2)6-7-18(21)3)12-20-8-9-23-24(11-20)33-16-32-23/h6-11,15,19H,5,12-14,16H2,1-4H3,(H,27,30). The third-order valence-corrected chi connectivity index (χ3v) is 5.87. The summed E-state index contributed by atoms with van der Waals surface area (Å²) in [5, 5.41) is 2.93. The molecule has 33 heavy (non-hydrogen) atoms. The van der Waals surface area contributed by atoms with E-state index < -0.39 is 0 Å². The van der Waals surface area contributed by atoms with Gasteiger partial charge in [-0.25, -0.2) is 4.98 Å². The number of rotatable bonds is 9. The molecule has 0 aliphatic carbocycles. The maximum Gasteiger partial charge on any atom is 0.273 e. The third kappa shape index (κ3) is 5.73. The highest BCUT2D eigenvalue weighted by atomic mass is 16.7. The number of carbonyl (C=O) groups is 1. The van der Waals surface area contributed by atoms with Crippen molar-refractivity contribution in [3.05, 3.63) is 76.5 Å². The average molecular weight is 450 g/mol. The van der Waals surface area contributed by atoms with Gasteiger partial charge in [0.1, 0.15) is 6.26 Å². The van der Waals surface area contributed by atoms with E-state index in [1.165, 1.54) is 23.0 Å². The molecule has 174 valence electrons. The van der Waals surface area contributed by atoms with Crippen LogP contribution in [-0.2, 0) is 19.6 Å². The normalized spacial score (nSPS) is 13.4. The van der Waals surface area contributed by atoms with Crippen molar-refractivity contribution >= 4 is 5.91 Å². The lowest BCUT2D eigenvalue weighted by Gasteiger charge is -2.22. The Bertz CT molecular complexity index is 1120. The van der Waals surface area contributed by atoms with Crippen LogP contribution in [0.1, 0.15) is 58.9 Å². The summed E-state index contributed by atoms with van der Waals surface area (Å²) < 4.78 is 16.7. The predicted octanol–water partition coefficient (Wildman–Crippen LogP) is 4.75. The van der Waals surface area contributed by atoms with Crippen molar-refractivity contribution < 1.29 is 18.7 Å². The number of hydrogen-bond donors (Lipinski definition) is 1. The van der Waals surface area contributed by atoms with Gasteiger partial charge in [-0.15, -0.1) is 0 Å². The number of nitrogens with one attached hydrogen (secondary N) is 1. The van der Waals surface area contributed by atoms with Crippen molar-refractivity contribution in [2.24, 2.45) is 0 Å². The third-order valence-electron chi connectivity index (χ3n) is 5.87. The molecule has 7 heteroatoms. The van der Waals surface area contributed by atoms with Gasteiger partial charge in [-0.2, -0.15) is 0 Å². The van der Waals surface area contributed by atoms with Gasteiger partial charge < -0.3 is 19.2 Å². The molecule has 0 fully saturated rings. The fourth-order valence-corrected chi connectivity index (χ4v) is 3.76. The van der Waals surface area contributed by atoms with E-state index in [2.05, 4.69) is 47.2 Å². The van der Waals surface area contributed by atoms with E-state index >= 15 is 0 Å². The van der Waals surface area contributed by atoms with Crippen LogP contribution in [0.2, 0.25) is 0 Å². The van der Waals surface area contributed by atoms with E-state index in [1.54, 1.807) is 0 Å². The van der Waals surface area contributed by atoms with Gasteiger partial charge in [0.2, 0.25) is 12.7 Å². The molecule has 2 aromatic carbocycles. The molecule has 0 saturated carbocycles. The Morgan fingerprint density at radius 3 is 2.73 bits per heavy atom.